The molecule has 0 saturated heterocycles. The van der Waals surface area contributed by atoms with Gasteiger partial charge in [0.2, 0.25) is 0 Å². The molecule has 76 valence electrons. The van der Waals surface area contributed by atoms with Crippen LogP contribution in [0.15, 0.2) is 30.6 Å². The summed E-state index contributed by atoms with van der Waals surface area (Å²) in [5.74, 6) is 0. The van der Waals surface area contributed by atoms with Gasteiger partial charge in [0.25, 0.3) is 0 Å². The van der Waals surface area contributed by atoms with E-state index in [0.717, 1.165) is 23.9 Å². The molecule has 15 heavy (non-hydrogen) atoms. The van der Waals surface area contributed by atoms with E-state index in [0.29, 0.717) is 0 Å². The largest absolute Gasteiger partial charge is 0.374 e. The third-order valence-corrected chi connectivity index (χ3v) is 3.09. The second kappa shape index (κ2) is 3.00. The molecule has 0 bridgehead atoms. The van der Waals surface area contributed by atoms with E-state index in [1.54, 1.807) is 19.5 Å². The molecule has 3 nitrogen and oxygen atoms in total. The van der Waals surface area contributed by atoms with Gasteiger partial charge in [-0.3, -0.25) is 9.97 Å². The summed E-state index contributed by atoms with van der Waals surface area (Å²) in [6, 6.07) is 6.18. The van der Waals surface area contributed by atoms with Gasteiger partial charge in [0.05, 0.1) is 16.6 Å². The standard InChI is InChI=1S/C12H12N2O/c1-15-12(4-5-12)9-2-3-10-11(8-9)14-7-6-13-10/h2-3,6-8H,4-5H2,1H3. The molecule has 3 rings (SSSR count). The molecular weight excluding hydrogens is 188 g/mol. The third kappa shape index (κ3) is 1.31. The molecule has 1 aliphatic carbocycles. The summed E-state index contributed by atoms with van der Waals surface area (Å²) in [4.78, 5) is 8.55. The number of methoxy groups -OCH3 is 1. The van der Waals surface area contributed by atoms with Gasteiger partial charge in [-0.25, -0.2) is 0 Å². The average molecular weight is 200 g/mol. The summed E-state index contributed by atoms with van der Waals surface area (Å²) in [5, 5.41) is 0. The summed E-state index contributed by atoms with van der Waals surface area (Å²) in [6.07, 6.45) is 5.65. The van der Waals surface area contributed by atoms with Crippen molar-refractivity contribution >= 4 is 11.0 Å². The molecule has 1 aliphatic rings. The van der Waals surface area contributed by atoms with Crippen molar-refractivity contribution in [3.63, 3.8) is 0 Å². The van der Waals surface area contributed by atoms with Crippen LogP contribution in [0.5, 0.6) is 0 Å². The Morgan fingerprint density at radius 3 is 2.53 bits per heavy atom. The fourth-order valence-corrected chi connectivity index (χ4v) is 1.97. The number of ether oxygens (including phenoxy) is 1. The highest BCUT2D eigenvalue weighted by atomic mass is 16.5. The second-order valence-corrected chi connectivity index (χ2v) is 3.96. The van der Waals surface area contributed by atoms with Crippen molar-refractivity contribution in [2.24, 2.45) is 0 Å². The van der Waals surface area contributed by atoms with Crippen LogP contribution in [0.2, 0.25) is 0 Å². The van der Waals surface area contributed by atoms with Crippen LogP contribution < -0.4 is 0 Å². The van der Waals surface area contributed by atoms with E-state index < -0.39 is 0 Å². The number of rotatable bonds is 2. The summed E-state index contributed by atoms with van der Waals surface area (Å²) >= 11 is 0. The molecule has 0 spiro atoms. The quantitative estimate of drug-likeness (QED) is 0.745. The fraction of sp³-hybridized carbons (Fsp3) is 0.333. The van der Waals surface area contributed by atoms with Crippen LogP contribution in [-0.2, 0) is 10.3 Å². The van der Waals surface area contributed by atoms with Gasteiger partial charge in [0.15, 0.2) is 0 Å². The van der Waals surface area contributed by atoms with E-state index in [2.05, 4.69) is 22.1 Å². The topological polar surface area (TPSA) is 35.0 Å². The van der Waals surface area contributed by atoms with Crippen molar-refractivity contribution < 1.29 is 4.74 Å². The van der Waals surface area contributed by atoms with Crippen LogP contribution in [0.3, 0.4) is 0 Å². The molecule has 0 atom stereocenters. The van der Waals surface area contributed by atoms with Gasteiger partial charge in [-0.2, -0.15) is 0 Å². The lowest BCUT2D eigenvalue weighted by molar-refractivity contribution is 0.0790. The van der Waals surface area contributed by atoms with E-state index >= 15 is 0 Å². The third-order valence-electron chi connectivity index (χ3n) is 3.09. The molecule has 0 unspecified atom stereocenters. The molecule has 2 aromatic rings. The van der Waals surface area contributed by atoms with Crippen molar-refractivity contribution in [1.82, 2.24) is 9.97 Å². The lowest BCUT2D eigenvalue weighted by atomic mass is 10.1. The summed E-state index contributed by atoms with van der Waals surface area (Å²) < 4.78 is 5.54. The van der Waals surface area contributed by atoms with Gasteiger partial charge < -0.3 is 4.74 Å². The zero-order chi connectivity index (χ0) is 10.3. The highest BCUT2D eigenvalue weighted by Crippen LogP contribution is 2.48. The molecule has 0 N–H and O–H groups in total. The fourth-order valence-electron chi connectivity index (χ4n) is 1.97. The number of aromatic nitrogens is 2. The Morgan fingerprint density at radius 2 is 1.87 bits per heavy atom. The highest BCUT2D eigenvalue weighted by Gasteiger charge is 2.44. The van der Waals surface area contributed by atoms with Crippen molar-refractivity contribution in [2.75, 3.05) is 7.11 Å². The number of hydrogen-bond donors (Lipinski definition) is 0. The van der Waals surface area contributed by atoms with E-state index in [9.17, 15) is 0 Å². The second-order valence-electron chi connectivity index (χ2n) is 3.96. The maximum atomic E-state index is 5.54. The monoisotopic (exact) mass is 200 g/mol. The number of nitrogens with zero attached hydrogens (tertiary/aromatic N) is 2. The minimum atomic E-state index is -0.0360. The molecule has 1 aromatic carbocycles. The Morgan fingerprint density at radius 1 is 1.13 bits per heavy atom. The van der Waals surface area contributed by atoms with Crippen LogP contribution in [0.25, 0.3) is 11.0 Å². The first kappa shape index (κ1) is 8.80. The maximum absolute atomic E-state index is 5.54. The number of hydrogen-bond acceptors (Lipinski definition) is 3. The minimum Gasteiger partial charge on any atom is -0.374 e. The molecule has 3 heteroatoms. The zero-order valence-corrected chi connectivity index (χ0v) is 8.60. The Bertz CT molecular complexity index is 506. The highest BCUT2D eigenvalue weighted by molar-refractivity contribution is 5.74. The molecule has 1 aromatic heterocycles. The predicted molar refractivity (Wildman–Crippen MR) is 57.5 cm³/mol. The Balaban J connectivity index is 2.14. The molecule has 0 amide bonds. The smallest absolute Gasteiger partial charge is 0.0930 e. The van der Waals surface area contributed by atoms with Gasteiger partial charge in [-0.1, -0.05) is 6.07 Å². The van der Waals surface area contributed by atoms with Gasteiger partial charge >= 0.3 is 0 Å². The normalized spacial score (nSPS) is 17.9. The first-order chi connectivity index (χ1) is 7.34. The summed E-state index contributed by atoms with van der Waals surface area (Å²) in [7, 11) is 1.77. The van der Waals surface area contributed by atoms with E-state index in [1.807, 2.05) is 6.07 Å². The molecule has 1 saturated carbocycles. The van der Waals surface area contributed by atoms with Crippen molar-refractivity contribution in [1.29, 1.82) is 0 Å². The molecule has 0 radical (unpaired) electrons. The maximum Gasteiger partial charge on any atom is 0.0930 e. The molecular formula is C12H12N2O. The van der Waals surface area contributed by atoms with Gasteiger partial charge in [0, 0.05) is 19.5 Å². The first-order valence-electron chi connectivity index (χ1n) is 5.10. The van der Waals surface area contributed by atoms with E-state index in [-0.39, 0.29) is 5.60 Å². The minimum absolute atomic E-state index is 0.0360. The van der Waals surface area contributed by atoms with Crippen molar-refractivity contribution in [2.45, 2.75) is 18.4 Å². The average Bonchev–Trinajstić information content (AvgIpc) is 3.09. The lowest BCUT2D eigenvalue weighted by Crippen LogP contribution is -2.08. The van der Waals surface area contributed by atoms with Gasteiger partial charge in [0.1, 0.15) is 0 Å². The zero-order valence-electron chi connectivity index (χ0n) is 8.60. The Hall–Kier alpha value is -1.48. The molecule has 0 aliphatic heterocycles. The summed E-state index contributed by atoms with van der Waals surface area (Å²) in [6.45, 7) is 0. The molecule has 1 fully saturated rings. The van der Waals surface area contributed by atoms with E-state index in [1.165, 1.54) is 5.56 Å². The van der Waals surface area contributed by atoms with Crippen molar-refractivity contribution in [3.8, 4) is 0 Å². The Labute approximate surface area is 88.1 Å². The van der Waals surface area contributed by atoms with Gasteiger partial charge in [-0.05, 0) is 30.5 Å². The van der Waals surface area contributed by atoms with Crippen LogP contribution in [0.4, 0.5) is 0 Å². The van der Waals surface area contributed by atoms with Crippen LogP contribution in [0, 0.1) is 0 Å². The predicted octanol–water partition coefficient (Wildman–Crippen LogP) is 2.27. The number of fused-ring (bicyclic) bond motifs is 1. The molecule has 1 heterocycles. The first-order valence-corrected chi connectivity index (χ1v) is 5.10. The van der Waals surface area contributed by atoms with Gasteiger partial charge in [-0.15, -0.1) is 0 Å². The van der Waals surface area contributed by atoms with Crippen LogP contribution in [-0.4, -0.2) is 17.1 Å². The van der Waals surface area contributed by atoms with Crippen LogP contribution in [0.1, 0.15) is 18.4 Å². The number of benzene rings is 1. The van der Waals surface area contributed by atoms with E-state index in [4.69, 9.17) is 4.74 Å². The SMILES string of the molecule is COC1(c2ccc3nccnc3c2)CC1. The summed E-state index contributed by atoms with van der Waals surface area (Å²) in [5.41, 5.74) is 3.07. The van der Waals surface area contributed by atoms with Crippen molar-refractivity contribution in [3.05, 3.63) is 36.2 Å². The lowest BCUT2D eigenvalue weighted by Gasteiger charge is -2.13. The van der Waals surface area contributed by atoms with Crippen LogP contribution >= 0.6 is 0 Å². The Kier molecular flexibility index (Phi) is 1.76.